The van der Waals surface area contributed by atoms with Gasteiger partial charge in [-0.3, -0.25) is 18.6 Å². The van der Waals surface area contributed by atoms with Gasteiger partial charge in [0.25, 0.3) is 0 Å². The number of carbonyl (C=O) groups excluding carboxylic acids is 2. The highest BCUT2D eigenvalue weighted by Gasteiger charge is 2.30. The molecular weight excluding hydrogens is 916 g/mol. The minimum absolute atomic E-state index is 0.00715. The van der Waals surface area contributed by atoms with Gasteiger partial charge in [0.1, 0.15) is 19.3 Å². The Hall–Kier alpha value is -4.11. The summed E-state index contributed by atoms with van der Waals surface area (Å²) in [5.74, 6) is -0.717. The maximum atomic E-state index is 13.4. The number of unbranched alkanes of at least 4 members (excludes halogenated alkanes) is 9. The first-order valence-corrected chi connectivity index (χ1v) is 29.2. The molecule has 0 aliphatic carbocycles. The lowest BCUT2D eigenvalue weighted by Crippen LogP contribution is -2.47. The normalized spacial score (nSPS) is 14.9. The van der Waals surface area contributed by atoms with Crippen molar-refractivity contribution in [2.75, 3.05) is 40.9 Å². The number of nitrogens with one attached hydrogen (secondary N) is 1. The summed E-state index contributed by atoms with van der Waals surface area (Å²) >= 11 is 0. The molecular formula is C62H102N2O7P+. The molecule has 1 amide bonds. The average molecular weight is 1020 g/mol. The van der Waals surface area contributed by atoms with Gasteiger partial charge in [-0.05, 0) is 102 Å². The fourth-order valence-corrected chi connectivity index (χ4v) is 7.57. The fourth-order valence-electron chi connectivity index (χ4n) is 6.83. The highest BCUT2D eigenvalue weighted by atomic mass is 31.2. The van der Waals surface area contributed by atoms with E-state index in [0.29, 0.717) is 23.9 Å². The number of phosphoric acid groups is 1. The van der Waals surface area contributed by atoms with Crippen molar-refractivity contribution in [3.63, 3.8) is 0 Å². The smallest absolute Gasteiger partial charge is 0.456 e. The molecule has 0 aliphatic heterocycles. The van der Waals surface area contributed by atoms with Gasteiger partial charge < -0.3 is 19.4 Å². The lowest BCUT2D eigenvalue weighted by Gasteiger charge is -2.27. The van der Waals surface area contributed by atoms with Crippen LogP contribution in [0.3, 0.4) is 0 Å². The van der Waals surface area contributed by atoms with Crippen LogP contribution in [0.5, 0.6) is 0 Å². The topological polar surface area (TPSA) is 111 Å². The summed E-state index contributed by atoms with van der Waals surface area (Å²) in [7, 11) is 1.39. The number of hydrogen-bond acceptors (Lipinski definition) is 6. The van der Waals surface area contributed by atoms with Gasteiger partial charge in [0.2, 0.25) is 5.91 Å². The van der Waals surface area contributed by atoms with E-state index in [4.69, 9.17) is 13.8 Å². The van der Waals surface area contributed by atoms with Crippen LogP contribution < -0.4 is 5.32 Å². The van der Waals surface area contributed by atoms with Crippen molar-refractivity contribution in [2.45, 2.75) is 193 Å². The number of phosphoric ester groups is 1. The van der Waals surface area contributed by atoms with E-state index in [1.54, 1.807) is 6.08 Å². The number of allylic oxidation sites excluding steroid dienone is 23. The maximum absolute atomic E-state index is 13.4. The summed E-state index contributed by atoms with van der Waals surface area (Å²) in [5.41, 5.74) is 0. The van der Waals surface area contributed by atoms with E-state index >= 15 is 0 Å². The number of ether oxygens (including phenoxy) is 1. The molecule has 406 valence electrons. The molecule has 3 atom stereocenters. The number of quaternary nitrogens is 1. The molecule has 0 aromatic carbocycles. The molecule has 0 aromatic rings. The Morgan fingerprint density at radius 3 is 1.31 bits per heavy atom. The molecule has 0 spiro atoms. The van der Waals surface area contributed by atoms with Crippen molar-refractivity contribution in [1.29, 1.82) is 0 Å². The van der Waals surface area contributed by atoms with E-state index in [0.717, 1.165) is 89.9 Å². The molecule has 9 nitrogen and oxygen atoms in total. The van der Waals surface area contributed by atoms with Gasteiger partial charge in [0.05, 0.1) is 33.8 Å². The van der Waals surface area contributed by atoms with E-state index < -0.39 is 25.9 Å². The zero-order chi connectivity index (χ0) is 52.9. The van der Waals surface area contributed by atoms with Crippen LogP contribution in [-0.4, -0.2) is 74.3 Å². The second kappa shape index (κ2) is 50.4. The van der Waals surface area contributed by atoms with E-state index in [-0.39, 0.29) is 32.0 Å². The van der Waals surface area contributed by atoms with E-state index in [9.17, 15) is 19.0 Å². The largest absolute Gasteiger partial charge is 0.472 e. The third-order valence-corrected chi connectivity index (χ3v) is 12.0. The number of carbonyl (C=O) groups is 2. The van der Waals surface area contributed by atoms with E-state index in [1.165, 1.54) is 44.9 Å². The summed E-state index contributed by atoms with van der Waals surface area (Å²) in [5, 5.41) is 2.97. The lowest BCUT2D eigenvalue weighted by molar-refractivity contribution is -0.870. The molecule has 0 aliphatic rings. The zero-order valence-electron chi connectivity index (χ0n) is 46.1. The van der Waals surface area contributed by atoms with Crippen LogP contribution in [-0.2, 0) is 27.9 Å². The summed E-state index contributed by atoms with van der Waals surface area (Å²) in [6, 6.07) is -0.928. The number of hydrogen-bond donors (Lipinski definition) is 2. The Bertz CT molecular complexity index is 1740. The van der Waals surface area contributed by atoms with Gasteiger partial charge in [-0.25, -0.2) is 4.57 Å². The van der Waals surface area contributed by atoms with Crippen LogP contribution >= 0.6 is 7.82 Å². The predicted octanol–water partition coefficient (Wildman–Crippen LogP) is 16.7. The summed E-state index contributed by atoms with van der Waals surface area (Å²) in [4.78, 5) is 37.4. The van der Waals surface area contributed by atoms with Crippen molar-refractivity contribution >= 4 is 19.7 Å². The average Bonchev–Trinajstić information content (AvgIpc) is 3.34. The molecule has 0 radical (unpaired) electrons. The molecule has 0 heterocycles. The second-order valence-electron chi connectivity index (χ2n) is 19.0. The Morgan fingerprint density at radius 2 is 0.889 bits per heavy atom. The number of amides is 1. The number of nitrogens with zero attached hydrogens (tertiary/aromatic N) is 1. The van der Waals surface area contributed by atoms with Gasteiger partial charge in [-0.2, -0.15) is 0 Å². The Morgan fingerprint density at radius 1 is 0.500 bits per heavy atom. The highest BCUT2D eigenvalue weighted by molar-refractivity contribution is 7.47. The fraction of sp³-hybridized carbons (Fsp3) is 0.581. The van der Waals surface area contributed by atoms with Gasteiger partial charge in [-0.1, -0.05) is 212 Å². The van der Waals surface area contributed by atoms with Gasteiger partial charge >= 0.3 is 13.8 Å². The minimum atomic E-state index is -4.49. The van der Waals surface area contributed by atoms with Crippen LogP contribution in [0.4, 0.5) is 0 Å². The van der Waals surface area contributed by atoms with Crippen LogP contribution in [0.2, 0.25) is 0 Å². The SMILES string of the molecule is CC/C=C\C/C=C\C/C=C\C/C=C\C/C=C\C/C=C\CCC(=O)OC(/C=C/CCCCCCCCCCC)C(COP(=O)(O)OCC[N+](C)(C)C)NC(=O)CC/C=C/C/C=C/C/C=C/C/C=C/C/C=C/CC. The van der Waals surface area contributed by atoms with Crippen molar-refractivity contribution in [1.82, 2.24) is 5.32 Å². The van der Waals surface area contributed by atoms with Crippen molar-refractivity contribution in [3.8, 4) is 0 Å². The quantitative estimate of drug-likeness (QED) is 0.0205. The van der Waals surface area contributed by atoms with Crippen molar-refractivity contribution in [2.24, 2.45) is 0 Å². The molecule has 0 fully saturated rings. The lowest BCUT2D eigenvalue weighted by atomic mass is 10.1. The third-order valence-electron chi connectivity index (χ3n) is 11.1. The summed E-state index contributed by atoms with van der Waals surface area (Å²) in [6.07, 6.45) is 73.1. The van der Waals surface area contributed by atoms with E-state index in [2.05, 4.69) is 135 Å². The summed E-state index contributed by atoms with van der Waals surface area (Å²) in [6.45, 7) is 6.62. The molecule has 0 saturated heterocycles. The highest BCUT2D eigenvalue weighted by Crippen LogP contribution is 2.43. The minimum Gasteiger partial charge on any atom is -0.456 e. The first kappa shape index (κ1) is 67.9. The molecule has 72 heavy (non-hydrogen) atoms. The van der Waals surface area contributed by atoms with Crippen molar-refractivity contribution < 1.29 is 37.3 Å². The van der Waals surface area contributed by atoms with Gasteiger partial charge in [0.15, 0.2) is 0 Å². The van der Waals surface area contributed by atoms with Crippen molar-refractivity contribution in [3.05, 3.63) is 146 Å². The molecule has 0 bridgehead atoms. The molecule has 3 unspecified atom stereocenters. The molecule has 10 heteroatoms. The monoisotopic (exact) mass is 1020 g/mol. The van der Waals surface area contributed by atoms with Crippen LogP contribution in [0.1, 0.15) is 181 Å². The standard InChI is InChI=1S/C62H101N2O7P/c1-7-10-13-16-19-22-25-27-29-31-32-33-35-37-40-43-46-49-52-55-62(66)71-60(53-50-47-44-41-38-24-21-18-15-12-9-3)59(58-70-72(67,68)69-57-56-64(4,5)6)63-61(65)54-51-48-45-42-39-36-34-30-28-26-23-20-17-14-11-8-2/h10-11,13-14,19-20,22-23,27-30,32-33,36-37,39-40,45-46,48-50,53,59-60H,7-9,12,15-18,21,24-26,31,34-35,38,41-44,47,51-52,54-58H2,1-6H3,(H-,63,65,67,68)/p+1/b13-10-,14-11+,22-19-,23-20+,29-27-,30-28+,33-32-,39-36+,40-37-,48-45+,49-46-,53-50+. The van der Waals surface area contributed by atoms with E-state index in [1.807, 2.05) is 51.5 Å². The molecule has 2 N–H and O–H groups in total. The van der Waals surface area contributed by atoms with Gasteiger partial charge in [0, 0.05) is 12.8 Å². The van der Waals surface area contributed by atoms with Crippen LogP contribution in [0.25, 0.3) is 0 Å². The Kier molecular flexibility index (Phi) is 47.5. The van der Waals surface area contributed by atoms with Crippen LogP contribution in [0.15, 0.2) is 146 Å². The maximum Gasteiger partial charge on any atom is 0.472 e. The first-order valence-electron chi connectivity index (χ1n) is 27.7. The predicted molar refractivity (Wildman–Crippen MR) is 309 cm³/mol. The number of rotatable bonds is 47. The Balaban J connectivity index is 5.59. The zero-order valence-corrected chi connectivity index (χ0v) is 47.0. The number of esters is 1. The van der Waals surface area contributed by atoms with Crippen LogP contribution in [0, 0.1) is 0 Å². The molecule has 0 aromatic heterocycles. The molecule has 0 saturated carbocycles. The second-order valence-corrected chi connectivity index (χ2v) is 20.4. The first-order chi connectivity index (χ1) is 34.9. The molecule has 0 rings (SSSR count). The Labute approximate surface area is 440 Å². The number of likely N-dealkylation sites (N-methyl/N-ethyl adjacent to an activating group) is 1. The third kappa shape index (κ3) is 50.8. The van der Waals surface area contributed by atoms with Gasteiger partial charge in [-0.15, -0.1) is 0 Å². The summed E-state index contributed by atoms with van der Waals surface area (Å²) < 4.78 is 30.4.